The summed E-state index contributed by atoms with van der Waals surface area (Å²) in [7, 11) is 0. The number of hydrogen-bond donors (Lipinski definition) is 0. The summed E-state index contributed by atoms with van der Waals surface area (Å²) in [6.45, 7) is 4.03. The van der Waals surface area contributed by atoms with E-state index in [0.717, 1.165) is 12.3 Å². The maximum Gasteiger partial charge on any atom is 0.123 e. The highest BCUT2D eigenvalue weighted by Gasteiger charge is 2.09. The van der Waals surface area contributed by atoms with Gasteiger partial charge < -0.3 is 4.74 Å². The van der Waals surface area contributed by atoms with Crippen LogP contribution in [-0.4, -0.2) is 31.1 Å². The summed E-state index contributed by atoms with van der Waals surface area (Å²) in [4.78, 5) is 2.42. The summed E-state index contributed by atoms with van der Waals surface area (Å²) >= 11 is 0. The summed E-state index contributed by atoms with van der Waals surface area (Å²) in [6.07, 6.45) is 3.96. The van der Waals surface area contributed by atoms with Crippen molar-refractivity contribution in [3.05, 3.63) is 30.1 Å². The van der Waals surface area contributed by atoms with Crippen LogP contribution in [0.1, 0.15) is 19.3 Å². The van der Waals surface area contributed by atoms with Gasteiger partial charge >= 0.3 is 0 Å². The van der Waals surface area contributed by atoms with Gasteiger partial charge in [0.05, 0.1) is 0 Å². The lowest BCUT2D eigenvalue weighted by Gasteiger charge is -2.26. The van der Waals surface area contributed by atoms with Gasteiger partial charge in [0.2, 0.25) is 0 Å². The van der Waals surface area contributed by atoms with E-state index in [-0.39, 0.29) is 5.82 Å². The second kappa shape index (κ2) is 5.85. The topological polar surface area (TPSA) is 12.5 Å². The van der Waals surface area contributed by atoms with E-state index in [9.17, 15) is 4.39 Å². The third kappa shape index (κ3) is 3.49. The predicted molar refractivity (Wildman–Crippen MR) is 62.2 cm³/mol. The van der Waals surface area contributed by atoms with Crippen molar-refractivity contribution >= 4 is 0 Å². The van der Waals surface area contributed by atoms with Crippen LogP contribution in [0.4, 0.5) is 4.39 Å². The van der Waals surface area contributed by atoms with Gasteiger partial charge in [0, 0.05) is 6.54 Å². The SMILES string of the molecule is Fc1ccc(OCCN2CCCCC2)cc1. The van der Waals surface area contributed by atoms with E-state index in [2.05, 4.69) is 4.90 Å². The molecular formula is C13H18FNO. The van der Waals surface area contributed by atoms with Gasteiger partial charge in [0.1, 0.15) is 18.2 Å². The number of halogens is 1. The molecule has 0 saturated carbocycles. The smallest absolute Gasteiger partial charge is 0.123 e. The van der Waals surface area contributed by atoms with E-state index in [1.165, 1.54) is 44.5 Å². The highest BCUT2D eigenvalue weighted by atomic mass is 19.1. The molecule has 0 aliphatic carbocycles. The number of ether oxygens (including phenoxy) is 1. The molecule has 0 unspecified atom stereocenters. The first kappa shape index (κ1) is 11.4. The third-order valence-electron chi connectivity index (χ3n) is 2.94. The van der Waals surface area contributed by atoms with Gasteiger partial charge in [-0.05, 0) is 50.2 Å². The van der Waals surface area contributed by atoms with Gasteiger partial charge in [-0.25, -0.2) is 4.39 Å². The van der Waals surface area contributed by atoms with E-state index < -0.39 is 0 Å². The van der Waals surface area contributed by atoms with Crippen LogP contribution < -0.4 is 4.74 Å². The molecule has 1 aliphatic heterocycles. The summed E-state index contributed by atoms with van der Waals surface area (Å²) in [5, 5.41) is 0. The number of benzene rings is 1. The van der Waals surface area contributed by atoms with Crippen molar-refractivity contribution in [3.63, 3.8) is 0 Å². The van der Waals surface area contributed by atoms with E-state index in [1.54, 1.807) is 12.1 Å². The Kier molecular flexibility index (Phi) is 4.17. The molecule has 0 aromatic heterocycles. The second-order valence-electron chi connectivity index (χ2n) is 4.20. The fraction of sp³-hybridized carbons (Fsp3) is 0.538. The van der Waals surface area contributed by atoms with Gasteiger partial charge in [-0.1, -0.05) is 6.42 Å². The normalized spacial score (nSPS) is 17.3. The lowest BCUT2D eigenvalue weighted by atomic mass is 10.1. The van der Waals surface area contributed by atoms with Gasteiger partial charge in [-0.15, -0.1) is 0 Å². The molecule has 0 radical (unpaired) electrons. The van der Waals surface area contributed by atoms with Crippen molar-refractivity contribution in [2.24, 2.45) is 0 Å². The predicted octanol–water partition coefficient (Wildman–Crippen LogP) is 2.69. The third-order valence-corrected chi connectivity index (χ3v) is 2.94. The number of hydrogen-bond acceptors (Lipinski definition) is 2. The maximum absolute atomic E-state index is 12.6. The Morgan fingerprint density at radius 2 is 1.75 bits per heavy atom. The van der Waals surface area contributed by atoms with Crippen LogP contribution in [0.25, 0.3) is 0 Å². The average molecular weight is 223 g/mol. The summed E-state index contributed by atoms with van der Waals surface area (Å²) in [5.74, 6) is 0.529. The van der Waals surface area contributed by atoms with Crippen LogP contribution in [0.5, 0.6) is 5.75 Å². The highest BCUT2D eigenvalue weighted by Crippen LogP contribution is 2.12. The maximum atomic E-state index is 12.6. The molecule has 1 fully saturated rings. The molecule has 1 saturated heterocycles. The fourth-order valence-electron chi connectivity index (χ4n) is 2.01. The van der Waals surface area contributed by atoms with Crippen molar-refractivity contribution in [3.8, 4) is 5.75 Å². The Labute approximate surface area is 96.0 Å². The molecule has 1 aromatic rings. The molecule has 2 nitrogen and oxygen atoms in total. The zero-order chi connectivity index (χ0) is 11.2. The quantitative estimate of drug-likeness (QED) is 0.778. The van der Waals surface area contributed by atoms with Gasteiger partial charge in [0.15, 0.2) is 0 Å². The molecule has 1 aliphatic rings. The lowest BCUT2D eigenvalue weighted by molar-refractivity contribution is 0.183. The first-order chi connectivity index (χ1) is 7.84. The number of piperidine rings is 1. The first-order valence-electron chi connectivity index (χ1n) is 5.95. The molecule has 0 spiro atoms. The zero-order valence-corrected chi connectivity index (χ0v) is 9.49. The Hall–Kier alpha value is -1.09. The lowest BCUT2D eigenvalue weighted by Crippen LogP contribution is -2.33. The molecule has 1 aromatic carbocycles. The standard InChI is InChI=1S/C13H18FNO/c14-12-4-6-13(7-5-12)16-11-10-15-8-2-1-3-9-15/h4-7H,1-3,8-11H2. The Bertz CT molecular complexity index is 306. The van der Waals surface area contributed by atoms with Crippen molar-refractivity contribution < 1.29 is 9.13 Å². The Balaban J connectivity index is 1.69. The van der Waals surface area contributed by atoms with Crippen LogP contribution in [0.3, 0.4) is 0 Å². The molecule has 0 atom stereocenters. The summed E-state index contributed by atoms with van der Waals surface area (Å²) in [6, 6.07) is 6.20. The number of nitrogens with zero attached hydrogens (tertiary/aromatic N) is 1. The first-order valence-corrected chi connectivity index (χ1v) is 5.95. The summed E-state index contributed by atoms with van der Waals surface area (Å²) < 4.78 is 18.2. The molecular weight excluding hydrogens is 205 g/mol. The average Bonchev–Trinajstić information content (AvgIpc) is 2.33. The molecule has 3 heteroatoms. The van der Waals surface area contributed by atoms with Gasteiger partial charge in [-0.2, -0.15) is 0 Å². The Morgan fingerprint density at radius 1 is 1.06 bits per heavy atom. The highest BCUT2D eigenvalue weighted by molar-refractivity contribution is 5.21. The molecule has 88 valence electrons. The Morgan fingerprint density at radius 3 is 2.44 bits per heavy atom. The number of rotatable bonds is 4. The molecule has 0 N–H and O–H groups in total. The molecule has 0 bridgehead atoms. The molecule has 1 heterocycles. The monoisotopic (exact) mass is 223 g/mol. The minimum Gasteiger partial charge on any atom is -0.492 e. The van der Waals surface area contributed by atoms with Crippen LogP contribution >= 0.6 is 0 Å². The van der Waals surface area contributed by atoms with Crippen LogP contribution in [0.15, 0.2) is 24.3 Å². The second-order valence-corrected chi connectivity index (χ2v) is 4.20. The van der Waals surface area contributed by atoms with Crippen molar-refractivity contribution in [2.45, 2.75) is 19.3 Å². The van der Waals surface area contributed by atoms with E-state index in [1.807, 2.05) is 0 Å². The molecule has 0 amide bonds. The van der Waals surface area contributed by atoms with Crippen molar-refractivity contribution in [1.29, 1.82) is 0 Å². The van der Waals surface area contributed by atoms with Crippen molar-refractivity contribution in [1.82, 2.24) is 4.90 Å². The minimum absolute atomic E-state index is 0.219. The van der Waals surface area contributed by atoms with E-state index in [4.69, 9.17) is 4.74 Å². The van der Waals surface area contributed by atoms with Gasteiger partial charge in [0.25, 0.3) is 0 Å². The molecule has 2 rings (SSSR count). The van der Waals surface area contributed by atoms with Crippen molar-refractivity contribution in [2.75, 3.05) is 26.2 Å². The van der Waals surface area contributed by atoms with E-state index in [0.29, 0.717) is 6.61 Å². The van der Waals surface area contributed by atoms with Crippen LogP contribution in [0, 0.1) is 5.82 Å². The number of likely N-dealkylation sites (tertiary alicyclic amines) is 1. The fourth-order valence-corrected chi connectivity index (χ4v) is 2.01. The van der Waals surface area contributed by atoms with Crippen LogP contribution in [-0.2, 0) is 0 Å². The van der Waals surface area contributed by atoms with Gasteiger partial charge in [-0.3, -0.25) is 4.90 Å². The largest absolute Gasteiger partial charge is 0.492 e. The molecule has 16 heavy (non-hydrogen) atoms. The summed E-state index contributed by atoms with van der Waals surface area (Å²) in [5.41, 5.74) is 0. The van der Waals surface area contributed by atoms with Crippen LogP contribution in [0.2, 0.25) is 0 Å². The minimum atomic E-state index is -0.219. The van der Waals surface area contributed by atoms with E-state index >= 15 is 0 Å². The zero-order valence-electron chi connectivity index (χ0n) is 9.49.